The van der Waals surface area contributed by atoms with Crippen molar-refractivity contribution >= 4 is 22.4 Å². The average Bonchev–Trinajstić information content (AvgIpc) is 3.29. The van der Waals surface area contributed by atoms with E-state index in [9.17, 15) is 4.79 Å². The summed E-state index contributed by atoms with van der Waals surface area (Å²) in [7, 11) is 0. The van der Waals surface area contributed by atoms with E-state index in [1.165, 1.54) is 0 Å². The van der Waals surface area contributed by atoms with Gasteiger partial charge in [0, 0.05) is 17.5 Å². The normalized spacial score (nSPS) is 11.3. The topological polar surface area (TPSA) is 73.8 Å². The zero-order valence-electron chi connectivity index (χ0n) is 13.9. The molecule has 4 rings (SSSR count). The van der Waals surface area contributed by atoms with E-state index >= 15 is 0 Å². The minimum absolute atomic E-state index is 0.0404. The highest BCUT2D eigenvalue weighted by Crippen LogP contribution is 2.25. The van der Waals surface area contributed by atoms with Gasteiger partial charge in [-0.25, -0.2) is 4.98 Å². The zero-order valence-corrected chi connectivity index (χ0v) is 14.7. The van der Waals surface area contributed by atoms with E-state index < -0.39 is 0 Å². The van der Waals surface area contributed by atoms with Crippen molar-refractivity contribution in [2.75, 3.05) is 0 Å². The van der Waals surface area contributed by atoms with E-state index in [2.05, 4.69) is 15.1 Å². The second-order valence-corrected chi connectivity index (χ2v) is 6.57. The largest absolute Gasteiger partial charge is 0.334 e. The lowest BCUT2D eigenvalue weighted by Crippen LogP contribution is -2.24. The molecule has 3 heterocycles. The number of aryl methyl sites for hydroxylation is 2. The number of nitrogens with zero attached hydrogens (tertiary/aromatic N) is 4. The SMILES string of the molecule is CCCn1c(=O)c(C)nc2cc(-c3noc(-c4ccsc4)n3)ccc21. The molecule has 0 N–H and O–H groups in total. The lowest BCUT2D eigenvalue weighted by atomic mass is 10.1. The highest BCUT2D eigenvalue weighted by molar-refractivity contribution is 7.08. The molecule has 7 heteroatoms. The molecule has 0 aliphatic rings. The maximum absolute atomic E-state index is 12.3. The molecule has 4 aromatic rings. The smallest absolute Gasteiger partial charge is 0.272 e. The molecule has 0 aliphatic carbocycles. The molecule has 0 atom stereocenters. The molecule has 1 aromatic carbocycles. The van der Waals surface area contributed by atoms with Crippen molar-refractivity contribution in [1.29, 1.82) is 0 Å². The third kappa shape index (κ3) is 2.76. The minimum atomic E-state index is -0.0404. The van der Waals surface area contributed by atoms with Gasteiger partial charge in [0.05, 0.1) is 16.6 Å². The molecule has 0 spiro atoms. The highest BCUT2D eigenvalue weighted by atomic mass is 32.1. The molecule has 3 aromatic heterocycles. The van der Waals surface area contributed by atoms with Crippen LogP contribution in [-0.2, 0) is 6.54 Å². The Morgan fingerprint density at radius 3 is 2.84 bits per heavy atom. The molecule has 0 aliphatic heterocycles. The first-order chi connectivity index (χ1) is 12.2. The summed E-state index contributed by atoms with van der Waals surface area (Å²) in [4.78, 5) is 21.2. The van der Waals surface area contributed by atoms with Crippen LogP contribution in [-0.4, -0.2) is 19.7 Å². The Morgan fingerprint density at radius 1 is 1.20 bits per heavy atom. The van der Waals surface area contributed by atoms with E-state index in [4.69, 9.17) is 4.52 Å². The van der Waals surface area contributed by atoms with Gasteiger partial charge in [0.25, 0.3) is 11.4 Å². The van der Waals surface area contributed by atoms with Crippen molar-refractivity contribution in [2.45, 2.75) is 26.8 Å². The first kappa shape index (κ1) is 15.7. The van der Waals surface area contributed by atoms with Gasteiger partial charge in [0.15, 0.2) is 0 Å². The Morgan fingerprint density at radius 2 is 2.08 bits per heavy atom. The van der Waals surface area contributed by atoms with Crippen molar-refractivity contribution in [3.05, 3.63) is 51.1 Å². The highest BCUT2D eigenvalue weighted by Gasteiger charge is 2.13. The van der Waals surface area contributed by atoms with Crippen LogP contribution < -0.4 is 5.56 Å². The fourth-order valence-corrected chi connectivity index (χ4v) is 3.43. The number of hydrogen-bond donors (Lipinski definition) is 0. The Labute approximate surface area is 147 Å². The van der Waals surface area contributed by atoms with Crippen LogP contribution >= 0.6 is 11.3 Å². The van der Waals surface area contributed by atoms with Crippen LogP contribution in [0, 0.1) is 6.92 Å². The summed E-state index contributed by atoms with van der Waals surface area (Å²) in [6.07, 6.45) is 0.884. The van der Waals surface area contributed by atoms with E-state index in [-0.39, 0.29) is 5.56 Å². The van der Waals surface area contributed by atoms with Crippen LogP contribution in [0.5, 0.6) is 0 Å². The first-order valence-corrected chi connectivity index (χ1v) is 8.99. The lowest BCUT2D eigenvalue weighted by molar-refractivity contribution is 0.432. The van der Waals surface area contributed by atoms with Gasteiger partial charge in [-0.2, -0.15) is 16.3 Å². The van der Waals surface area contributed by atoms with E-state index in [0.29, 0.717) is 24.0 Å². The van der Waals surface area contributed by atoms with Crippen LogP contribution in [0.4, 0.5) is 0 Å². The van der Waals surface area contributed by atoms with Crippen LogP contribution in [0.25, 0.3) is 33.9 Å². The van der Waals surface area contributed by atoms with E-state index in [1.807, 2.05) is 41.9 Å². The molecule has 0 fully saturated rings. The molecular weight excluding hydrogens is 336 g/mol. The molecule has 0 amide bonds. The molecule has 0 unspecified atom stereocenters. The van der Waals surface area contributed by atoms with Crippen molar-refractivity contribution < 1.29 is 4.52 Å². The van der Waals surface area contributed by atoms with Crippen molar-refractivity contribution in [2.24, 2.45) is 0 Å². The summed E-state index contributed by atoms with van der Waals surface area (Å²) in [5.41, 5.74) is 3.75. The van der Waals surface area contributed by atoms with Crippen LogP contribution in [0.1, 0.15) is 19.0 Å². The lowest BCUT2D eigenvalue weighted by Gasteiger charge is -2.10. The summed E-state index contributed by atoms with van der Waals surface area (Å²) in [5, 5.41) is 8.00. The Kier molecular flexibility index (Phi) is 3.93. The minimum Gasteiger partial charge on any atom is -0.334 e. The number of rotatable bonds is 4. The molecule has 126 valence electrons. The molecule has 25 heavy (non-hydrogen) atoms. The first-order valence-electron chi connectivity index (χ1n) is 8.05. The zero-order chi connectivity index (χ0) is 17.4. The standard InChI is InChI=1S/C18H16N4O2S/c1-3-7-22-15-5-4-12(9-14(15)19-11(2)18(22)23)16-20-17(24-21-16)13-6-8-25-10-13/h4-6,8-10H,3,7H2,1-2H3. The quantitative estimate of drug-likeness (QED) is 0.557. The van der Waals surface area contributed by atoms with Crippen molar-refractivity contribution in [3.8, 4) is 22.8 Å². The summed E-state index contributed by atoms with van der Waals surface area (Å²) >= 11 is 1.58. The number of thiophene rings is 1. The average molecular weight is 352 g/mol. The third-order valence-electron chi connectivity index (χ3n) is 4.01. The summed E-state index contributed by atoms with van der Waals surface area (Å²) in [6, 6.07) is 7.63. The van der Waals surface area contributed by atoms with Gasteiger partial charge in [-0.1, -0.05) is 12.1 Å². The van der Waals surface area contributed by atoms with Gasteiger partial charge in [-0.3, -0.25) is 4.79 Å². The summed E-state index contributed by atoms with van der Waals surface area (Å²) in [6.45, 7) is 4.46. The molecule has 0 saturated carbocycles. The predicted molar refractivity (Wildman–Crippen MR) is 97.6 cm³/mol. The molecular formula is C18H16N4O2S. The van der Waals surface area contributed by atoms with Gasteiger partial charge in [0.1, 0.15) is 5.69 Å². The number of benzene rings is 1. The number of fused-ring (bicyclic) bond motifs is 1. The maximum atomic E-state index is 12.3. The molecule has 0 radical (unpaired) electrons. The van der Waals surface area contributed by atoms with Gasteiger partial charge < -0.3 is 9.09 Å². The van der Waals surface area contributed by atoms with Crippen LogP contribution in [0.2, 0.25) is 0 Å². The van der Waals surface area contributed by atoms with Gasteiger partial charge in [0.2, 0.25) is 5.82 Å². The Balaban J connectivity index is 1.82. The molecule has 0 saturated heterocycles. The molecule has 0 bridgehead atoms. The molecule has 6 nitrogen and oxygen atoms in total. The second-order valence-electron chi connectivity index (χ2n) is 5.79. The van der Waals surface area contributed by atoms with Crippen LogP contribution in [0.3, 0.4) is 0 Å². The van der Waals surface area contributed by atoms with Gasteiger partial charge in [-0.15, -0.1) is 0 Å². The number of hydrogen-bond acceptors (Lipinski definition) is 6. The Hall–Kier alpha value is -2.80. The van der Waals surface area contributed by atoms with Crippen molar-refractivity contribution in [3.63, 3.8) is 0 Å². The van der Waals surface area contributed by atoms with E-state index in [0.717, 1.165) is 28.6 Å². The second kappa shape index (κ2) is 6.25. The summed E-state index contributed by atoms with van der Waals surface area (Å²) < 4.78 is 7.12. The summed E-state index contributed by atoms with van der Waals surface area (Å²) in [5.74, 6) is 1.01. The monoisotopic (exact) mass is 352 g/mol. The maximum Gasteiger partial charge on any atom is 0.272 e. The van der Waals surface area contributed by atoms with Gasteiger partial charge >= 0.3 is 0 Å². The Bertz CT molecular complexity index is 1100. The van der Waals surface area contributed by atoms with E-state index in [1.54, 1.807) is 22.8 Å². The fraction of sp³-hybridized carbons (Fsp3) is 0.222. The predicted octanol–water partition coefficient (Wildman–Crippen LogP) is 3.89. The van der Waals surface area contributed by atoms with Crippen molar-refractivity contribution in [1.82, 2.24) is 19.7 Å². The van der Waals surface area contributed by atoms with Gasteiger partial charge in [-0.05, 0) is 43.0 Å². The fourth-order valence-electron chi connectivity index (χ4n) is 2.80. The third-order valence-corrected chi connectivity index (χ3v) is 4.69. The van der Waals surface area contributed by atoms with Crippen LogP contribution in [0.15, 0.2) is 44.3 Å². The number of aromatic nitrogens is 4.